The van der Waals surface area contributed by atoms with Gasteiger partial charge in [0.15, 0.2) is 11.5 Å². The Labute approximate surface area is 91.0 Å². The molecule has 0 radical (unpaired) electrons. The molecule has 0 heterocycles. The molecule has 15 heavy (non-hydrogen) atoms. The molecular formula is C8H8BClO5. The summed E-state index contributed by atoms with van der Waals surface area (Å²) in [5.41, 5.74) is 0.224. The van der Waals surface area contributed by atoms with E-state index < -0.39 is 7.32 Å². The van der Waals surface area contributed by atoms with Crippen LogP contribution in [0.3, 0.4) is 0 Å². The molecule has 1 rings (SSSR count). The van der Waals surface area contributed by atoms with Crippen molar-refractivity contribution < 1.29 is 24.6 Å². The first-order valence-electron chi connectivity index (χ1n) is 3.99. The van der Waals surface area contributed by atoms with E-state index in [1.165, 1.54) is 12.1 Å². The number of carbonyl (C=O) groups is 1. The summed E-state index contributed by atoms with van der Waals surface area (Å²) in [5, 5.41) is 26.3. The van der Waals surface area contributed by atoms with Crippen molar-refractivity contribution in [2.45, 2.75) is 0 Å². The molecular weight excluding hydrogens is 222 g/mol. The molecule has 0 aliphatic heterocycles. The number of rotatable bonds is 4. The second-order valence-electron chi connectivity index (χ2n) is 2.68. The van der Waals surface area contributed by atoms with Gasteiger partial charge in [0.1, 0.15) is 5.75 Å². The minimum absolute atomic E-state index is 0.129. The van der Waals surface area contributed by atoms with Crippen molar-refractivity contribution in [3.05, 3.63) is 23.8 Å². The fourth-order valence-electron chi connectivity index (χ4n) is 0.981. The molecule has 0 saturated carbocycles. The smallest absolute Gasteiger partial charge is 0.509 e. The maximum absolute atomic E-state index is 11.1. The molecule has 0 aliphatic carbocycles. The van der Waals surface area contributed by atoms with E-state index in [2.05, 4.69) is 4.65 Å². The van der Waals surface area contributed by atoms with Crippen LogP contribution in [-0.4, -0.2) is 34.1 Å². The third-order valence-electron chi connectivity index (χ3n) is 1.63. The van der Waals surface area contributed by atoms with Crippen LogP contribution in [0.25, 0.3) is 0 Å². The number of phenolic OH excluding ortho intramolecular Hbond substituents is 1. The van der Waals surface area contributed by atoms with Gasteiger partial charge >= 0.3 is 7.32 Å². The second kappa shape index (κ2) is 5.02. The molecule has 1 aromatic carbocycles. The number of hydrogen-bond donors (Lipinski definition) is 3. The molecule has 0 saturated heterocycles. The third-order valence-corrected chi connectivity index (χ3v) is 1.88. The maximum atomic E-state index is 11.1. The number of carbonyl (C=O) groups excluding carboxylic acids is 1. The Bertz CT molecular complexity index is 368. The average molecular weight is 230 g/mol. The normalized spacial score (nSPS) is 9.80. The van der Waals surface area contributed by atoms with Crippen LogP contribution in [0, 0.1) is 0 Å². The highest BCUT2D eigenvalue weighted by molar-refractivity contribution is 6.34. The van der Waals surface area contributed by atoms with Gasteiger partial charge in [-0.2, -0.15) is 0 Å². The van der Waals surface area contributed by atoms with Crippen LogP contribution in [0.15, 0.2) is 18.2 Å². The summed E-state index contributed by atoms with van der Waals surface area (Å²) in [4.78, 5) is 11.1. The number of hydrogen-bond acceptors (Lipinski definition) is 5. The molecule has 7 heteroatoms. The van der Waals surface area contributed by atoms with Crippen molar-refractivity contribution in [1.29, 1.82) is 0 Å². The maximum Gasteiger partial charge on any atom is 0.707 e. The van der Waals surface area contributed by atoms with E-state index in [0.29, 0.717) is 0 Å². The predicted octanol–water partition coefficient (Wildman–Crippen LogP) is 0.162. The summed E-state index contributed by atoms with van der Waals surface area (Å²) < 4.78 is 4.43. The zero-order valence-corrected chi connectivity index (χ0v) is 8.31. The van der Waals surface area contributed by atoms with Gasteiger partial charge < -0.3 is 19.8 Å². The number of phenols is 1. The number of benzene rings is 1. The highest BCUT2D eigenvalue weighted by atomic mass is 35.5. The Balaban J connectivity index is 2.93. The van der Waals surface area contributed by atoms with E-state index in [4.69, 9.17) is 21.6 Å². The molecule has 3 N–H and O–H groups in total. The first kappa shape index (κ1) is 11.8. The molecule has 0 bridgehead atoms. The lowest BCUT2D eigenvalue weighted by atomic mass is 10.1. The largest absolute Gasteiger partial charge is 0.707 e. The molecule has 5 nitrogen and oxygen atoms in total. The monoisotopic (exact) mass is 230 g/mol. The van der Waals surface area contributed by atoms with Gasteiger partial charge in [0.2, 0.25) is 0 Å². The number of halogens is 1. The second-order valence-corrected chi connectivity index (χ2v) is 2.95. The summed E-state index contributed by atoms with van der Waals surface area (Å²) in [5.74, 6) is -1.03. The minimum Gasteiger partial charge on any atom is -0.509 e. The summed E-state index contributed by atoms with van der Waals surface area (Å²) in [6, 6.07) is 3.75. The number of alkyl halides is 1. The van der Waals surface area contributed by atoms with Crippen LogP contribution in [0.5, 0.6) is 11.5 Å². The van der Waals surface area contributed by atoms with Crippen molar-refractivity contribution in [3.8, 4) is 11.5 Å². The lowest BCUT2D eigenvalue weighted by molar-refractivity contribution is 0.102. The first-order chi connectivity index (χ1) is 7.04. The Morgan fingerprint density at radius 2 is 2.13 bits per heavy atom. The summed E-state index contributed by atoms with van der Waals surface area (Å²) in [7, 11) is -2.02. The molecule has 80 valence electrons. The van der Waals surface area contributed by atoms with E-state index in [1.807, 2.05) is 0 Å². The van der Waals surface area contributed by atoms with Crippen LogP contribution in [0.2, 0.25) is 0 Å². The Hall–Kier alpha value is -1.24. The number of aromatic hydroxyl groups is 1. The quantitative estimate of drug-likeness (QED) is 0.390. The lowest BCUT2D eigenvalue weighted by Gasteiger charge is -2.07. The van der Waals surface area contributed by atoms with Gasteiger partial charge in [-0.1, -0.05) is 0 Å². The molecule has 0 amide bonds. The van der Waals surface area contributed by atoms with Crippen LogP contribution in [-0.2, 0) is 0 Å². The highest BCUT2D eigenvalue weighted by Crippen LogP contribution is 2.27. The van der Waals surface area contributed by atoms with Gasteiger partial charge in [0.05, 0.1) is 5.88 Å². The fraction of sp³-hybridized carbons (Fsp3) is 0.125. The van der Waals surface area contributed by atoms with Crippen molar-refractivity contribution in [3.63, 3.8) is 0 Å². The van der Waals surface area contributed by atoms with Gasteiger partial charge in [-0.25, -0.2) is 0 Å². The van der Waals surface area contributed by atoms with Crippen molar-refractivity contribution >= 4 is 24.7 Å². The van der Waals surface area contributed by atoms with E-state index in [0.717, 1.165) is 6.07 Å². The van der Waals surface area contributed by atoms with E-state index >= 15 is 0 Å². The minimum atomic E-state index is -2.02. The molecule has 0 spiro atoms. The first-order valence-corrected chi connectivity index (χ1v) is 4.53. The molecule has 0 aliphatic rings. The SMILES string of the molecule is O=C(CCl)c1ccc(OB(O)O)c(O)c1. The molecule has 1 aromatic rings. The van der Waals surface area contributed by atoms with Crippen LogP contribution in [0.4, 0.5) is 0 Å². The standard InChI is InChI=1S/C8H8BClO5/c10-4-7(12)5-1-2-8(6(11)3-5)15-9(13)14/h1-3,11,13-14H,4H2. The topological polar surface area (TPSA) is 87.0 Å². The summed E-state index contributed by atoms with van der Waals surface area (Å²) >= 11 is 5.32. The molecule has 0 aromatic heterocycles. The van der Waals surface area contributed by atoms with Crippen molar-refractivity contribution in [1.82, 2.24) is 0 Å². The van der Waals surface area contributed by atoms with E-state index in [9.17, 15) is 9.90 Å². The fourth-order valence-corrected chi connectivity index (χ4v) is 1.14. The van der Waals surface area contributed by atoms with E-state index in [-0.39, 0.29) is 28.7 Å². The summed E-state index contributed by atoms with van der Waals surface area (Å²) in [6.45, 7) is 0. The Morgan fingerprint density at radius 1 is 1.47 bits per heavy atom. The van der Waals surface area contributed by atoms with Gasteiger partial charge in [0, 0.05) is 5.56 Å². The molecule has 0 unspecified atom stereocenters. The number of Topliss-reactive ketones (excluding diaryl/α,β-unsaturated/α-hetero) is 1. The van der Waals surface area contributed by atoms with Gasteiger partial charge in [-0.05, 0) is 18.2 Å². The van der Waals surface area contributed by atoms with Crippen molar-refractivity contribution in [2.75, 3.05) is 5.88 Å². The average Bonchev–Trinajstić information content (AvgIpc) is 2.19. The van der Waals surface area contributed by atoms with Crippen LogP contribution >= 0.6 is 11.6 Å². The highest BCUT2D eigenvalue weighted by Gasteiger charge is 2.15. The Morgan fingerprint density at radius 3 is 2.60 bits per heavy atom. The Kier molecular flexibility index (Phi) is 3.96. The molecule has 0 atom stereocenters. The zero-order valence-electron chi connectivity index (χ0n) is 7.55. The van der Waals surface area contributed by atoms with Gasteiger partial charge in [-0.3, -0.25) is 4.79 Å². The van der Waals surface area contributed by atoms with Crippen molar-refractivity contribution in [2.24, 2.45) is 0 Å². The van der Waals surface area contributed by atoms with Crippen LogP contribution in [0.1, 0.15) is 10.4 Å². The molecule has 0 fully saturated rings. The van der Waals surface area contributed by atoms with E-state index in [1.54, 1.807) is 0 Å². The summed E-state index contributed by atoms with van der Waals surface area (Å²) in [6.07, 6.45) is 0. The third kappa shape index (κ3) is 3.12. The lowest BCUT2D eigenvalue weighted by Crippen LogP contribution is -2.20. The van der Waals surface area contributed by atoms with Gasteiger partial charge in [0.25, 0.3) is 0 Å². The zero-order chi connectivity index (χ0) is 11.4. The van der Waals surface area contributed by atoms with Crippen LogP contribution < -0.4 is 4.65 Å². The number of ketones is 1. The van der Waals surface area contributed by atoms with Gasteiger partial charge in [-0.15, -0.1) is 11.6 Å². The predicted molar refractivity (Wildman–Crippen MR) is 54.0 cm³/mol.